The summed E-state index contributed by atoms with van der Waals surface area (Å²) in [6, 6.07) is 0. The zero-order valence-corrected chi connectivity index (χ0v) is 10.4. The average Bonchev–Trinajstić information content (AvgIpc) is 2.18. The van der Waals surface area contributed by atoms with Gasteiger partial charge in [0.25, 0.3) is 0 Å². The number of rotatable bonds is 6. The van der Waals surface area contributed by atoms with Crippen LogP contribution >= 0.6 is 11.6 Å². The quantitative estimate of drug-likeness (QED) is 0.397. The lowest BCUT2D eigenvalue weighted by molar-refractivity contribution is -0.143. The van der Waals surface area contributed by atoms with Crippen LogP contribution in [0.1, 0.15) is 33.6 Å². The number of halogens is 1. The van der Waals surface area contributed by atoms with Gasteiger partial charge in [-0.15, -0.1) is 0 Å². The van der Waals surface area contributed by atoms with Crippen LogP contribution < -0.4 is 0 Å². The summed E-state index contributed by atoms with van der Waals surface area (Å²) in [5.74, 6) is -0.452. The Morgan fingerprint density at radius 1 is 1.53 bits per heavy atom. The summed E-state index contributed by atoms with van der Waals surface area (Å²) in [6.07, 6.45) is 5.46. The highest BCUT2D eigenvalue weighted by Gasteiger charge is 2.35. The van der Waals surface area contributed by atoms with Gasteiger partial charge in [-0.1, -0.05) is 43.7 Å². The molecule has 0 aromatic rings. The molecule has 1 atom stereocenters. The molecule has 0 heterocycles. The summed E-state index contributed by atoms with van der Waals surface area (Å²) < 4.78 is 4.92. The van der Waals surface area contributed by atoms with Crippen molar-refractivity contribution in [1.29, 1.82) is 0 Å². The monoisotopic (exact) mass is 230 g/mol. The predicted molar refractivity (Wildman–Crippen MR) is 64.1 cm³/mol. The average molecular weight is 231 g/mol. The highest BCUT2D eigenvalue weighted by Crippen LogP contribution is 2.27. The van der Waals surface area contributed by atoms with Gasteiger partial charge in [-0.2, -0.15) is 0 Å². The predicted octanol–water partition coefficient (Wildman–Crippen LogP) is 3.46. The zero-order chi connectivity index (χ0) is 11.9. The largest absolute Gasteiger partial charge is 0.464 e. The lowest BCUT2D eigenvalue weighted by Crippen LogP contribution is -2.33. The van der Waals surface area contributed by atoms with E-state index < -0.39 is 10.8 Å². The second-order valence-corrected chi connectivity index (χ2v) is 4.00. The molecule has 0 aliphatic carbocycles. The molecule has 0 fully saturated rings. The Balaban J connectivity index is 4.73. The van der Waals surface area contributed by atoms with Crippen LogP contribution in [0.25, 0.3) is 0 Å². The smallest absolute Gasteiger partial charge is 0.335 e. The molecular weight excluding hydrogens is 212 g/mol. The van der Waals surface area contributed by atoms with Crippen LogP contribution in [0, 0.1) is 0 Å². The minimum absolute atomic E-state index is 0.322. The van der Waals surface area contributed by atoms with Gasteiger partial charge in [0, 0.05) is 0 Å². The van der Waals surface area contributed by atoms with E-state index in [2.05, 4.69) is 13.5 Å². The van der Waals surface area contributed by atoms with E-state index in [9.17, 15) is 4.79 Å². The minimum atomic E-state index is -1.20. The number of hydrogen-bond donors (Lipinski definition) is 0. The molecule has 1 unspecified atom stereocenters. The summed E-state index contributed by atoms with van der Waals surface area (Å²) in [4.78, 5) is 10.4. The third-order valence-electron chi connectivity index (χ3n) is 2.00. The second kappa shape index (κ2) is 6.67. The maximum Gasteiger partial charge on any atom is 0.335 e. The van der Waals surface area contributed by atoms with Crippen LogP contribution in [0.2, 0.25) is 0 Å². The van der Waals surface area contributed by atoms with Crippen molar-refractivity contribution in [3.05, 3.63) is 24.3 Å². The molecule has 0 aromatic carbocycles. The Morgan fingerprint density at radius 3 is 2.53 bits per heavy atom. The standard InChI is InChI=1S/C12H19ClO2/c1-5-7-8-9-12(13,10(3)4)11(14)15-6-2/h8-9H,3,5-7H2,1-2,4H3. The summed E-state index contributed by atoms with van der Waals surface area (Å²) in [7, 11) is 0. The molecule has 0 N–H and O–H groups in total. The minimum Gasteiger partial charge on any atom is -0.464 e. The number of allylic oxidation sites excluding steroid dienone is 1. The lowest BCUT2D eigenvalue weighted by Gasteiger charge is -2.21. The summed E-state index contributed by atoms with van der Waals surface area (Å²) in [5.41, 5.74) is 0.579. The maximum absolute atomic E-state index is 11.6. The first kappa shape index (κ1) is 14.2. The highest BCUT2D eigenvalue weighted by molar-refractivity contribution is 6.37. The van der Waals surface area contributed by atoms with E-state index in [0.29, 0.717) is 12.2 Å². The van der Waals surface area contributed by atoms with E-state index in [-0.39, 0.29) is 0 Å². The van der Waals surface area contributed by atoms with Crippen LogP contribution in [0.15, 0.2) is 24.3 Å². The summed E-state index contributed by atoms with van der Waals surface area (Å²) in [5, 5.41) is 0. The third kappa shape index (κ3) is 4.08. The fourth-order valence-electron chi connectivity index (χ4n) is 1.03. The van der Waals surface area contributed by atoms with Crippen LogP contribution in [0.5, 0.6) is 0 Å². The molecule has 3 heteroatoms. The topological polar surface area (TPSA) is 26.3 Å². The van der Waals surface area contributed by atoms with Crippen molar-refractivity contribution in [2.24, 2.45) is 0 Å². The molecule has 0 aromatic heterocycles. The van der Waals surface area contributed by atoms with Crippen LogP contribution in [-0.4, -0.2) is 17.5 Å². The van der Waals surface area contributed by atoms with Gasteiger partial charge in [-0.3, -0.25) is 0 Å². The van der Waals surface area contributed by atoms with E-state index in [1.807, 2.05) is 6.08 Å². The van der Waals surface area contributed by atoms with Crippen LogP contribution in [0.3, 0.4) is 0 Å². The first-order valence-corrected chi connectivity index (χ1v) is 5.56. The van der Waals surface area contributed by atoms with Crippen LogP contribution in [-0.2, 0) is 9.53 Å². The first-order valence-electron chi connectivity index (χ1n) is 5.18. The van der Waals surface area contributed by atoms with Crippen molar-refractivity contribution in [3.8, 4) is 0 Å². The van der Waals surface area contributed by atoms with Gasteiger partial charge in [0.15, 0.2) is 4.87 Å². The number of carbonyl (C=O) groups is 1. The molecule has 0 bridgehead atoms. The van der Waals surface area contributed by atoms with Gasteiger partial charge >= 0.3 is 5.97 Å². The molecule has 0 saturated heterocycles. The molecule has 0 radical (unpaired) electrons. The zero-order valence-electron chi connectivity index (χ0n) is 9.68. The van der Waals surface area contributed by atoms with E-state index in [0.717, 1.165) is 12.8 Å². The number of carbonyl (C=O) groups excluding carboxylic acids is 1. The number of unbranched alkanes of at least 4 members (excludes halogenated alkanes) is 1. The molecule has 2 nitrogen and oxygen atoms in total. The number of hydrogen-bond acceptors (Lipinski definition) is 2. The molecule has 0 saturated carbocycles. The Morgan fingerprint density at radius 2 is 2.13 bits per heavy atom. The second-order valence-electron chi connectivity index (χ2n) is 3.40. The van der Waals surface area contributed by atoms with E-state index in [1.165, 1.54) is 0 Å². The Hall–Kier alpha value is -0.760. The number of alkyl halides is 1. The van der Waals surface area contributed by atoms with Gasteiger partial charge in [-0.25, -0.2) is 4.79 Å². The van der Waals surface area contributed by atoms with Gasteiger partial charge in [0.2, 0.25) is 0 Å². The lowest BCUT2D eigenvalue weighted by atomic mass is 10.00. The number of ether oxygens (including phenoxy) is 1. The molecule has 86 valence electrons. The Labute approximate surface area is 97.0 Å². The van der Waals surface area contributed by atoms with E-state index in [4.69, 9.17) is 16.3 Å². The van der Waals surface area contributed by atoms with Crippen molar-refractivity contribution in [2.75, 3.05) is 6.61 Å². The molecule has 15 heavy (non-hydrogen) atoms. The molecule has 0 aliphatic rings. The maximum atomic E-state index is 11.6. The SMILES string of the molecule is C=C(C)C(Cl)(C=CCCC)C(=O)OCC. The Bertz CT molecular complexity index is 258. The highest BCUT2D eigenvalue weighted by atomic mass is 35.5. The van der Waals surface area contributed by atoms with E-state index in [1.54, 1.807) is 19.9 Å². The third-order valence-corrected chi connectivity index (χ3v) is 2.60. The normalized spacial score (nSPS) is 14.9. The molecule has 0 amide bonds. The fraction of sp³-hybridized carbons (Fsp3) is 0.583. The van der Waals surface area contributed by atoms with Gasteiger partial charge in [0.05, 0.1) is 6.61 Å². The molecule has 0 aliphatic heterocycles. The summed E-state index contributed by atoms with van der Waals surface area (Å²) in [6.45, 7) is 9.58. The van der Waals surface area contributed by atoms with Crippen molar-refractivity contribution in [1.82, 2.24) is 0 Å². The molecule has 0 rings (SSSR count). The molecular formula is C12H19ClO2. The fourth-order valence-corrected chi connectivity index (χ4v) is 1.18. The summed E-state index contributed by atoms with van der Waals surface area (Å²) >= 11 is 6.18. The van der Waals surface area contributed by atoms with E-state index >= 15 is 0 Å². The van der Waals surface area contributed by atoms with Gasteiger partial charge < -0.3 is 4.74 Å². The number of esters is 1. The van der Waals surface area contributed by atoms with Crippen molar-refractivity contribution in [2.45, 2.75) is 38.5 Å². The van der Waals surface area contributed by atoms with Crippen LogP contribution in [0.4, 0.5) is 0 Å². The van der Waals surface area contributed by atoms with Gasteiger partial charge in [0.1, 0.15) is 0 Å². The van der Waals surface area contributed by atoms with Gasteiger partial charge in [-0.05, 0) is 25.8 Å². The van der Waals surface area contributed by atoms with Crippen molar-refractivity contribution in [3.63, 3.8) is 0 Å². The molecule has 0 spiro atoms. The van der Waals surface area contributed by atoms with Crippen molar-refractivity contribution < 1.29 is 9.53 Å². The van der Waals surface area contributed by atoms with Crippen molar-refractivity contribution >= 4 is 17.6 Å². The first-order chi connectivity index (χ1) is 6.99. The Kier molecular flexibility index (Phi) is 6.34.